The van der Waals surface area contributed by atoms with E-state index in [1.807, 2.05) is 44.2 Å². The fourth-order valence-corrected chi connectivity index (χ4v) is 3.99. The molecule has 0 spiro atoms. The van der Waals surface area contributed by atoms with E-state index >= 15 is 0 Å². The molecule has 3 rings (SSSR count). The minimum Gasteiger partial charge on any atom is -0.497 e. The number of methoxy groups -OCH3 is 1. The van der Waals surface area contributed by atoms with Gasteiger partial charge >= 0.3 is 0 Å². The van der Waals surface area contributed by atoms with E-state index in [0.717, 1.165) is 35.7 Å². The van der Waals surface area contributed by atoms with Gasteiger partial charge in [0.05, 0.1) is 18.6 Å². The first-order valence-electron chi connectivity index (χ1n) is 10.1. The molecule has 7 heteroatoms. The number of ether oxygens (including phenoxy) is 1. The van der Waals surface area contributed by atoms with Crippen LogP contribution in [-0.2, 0) is 4.79 Å². The number of hydrogen-bond donors (Lipinski definition) is 2. The van der Waals surface area contributed by atoms with Crippen molar-refractivity contribution < 1.29 is 14.3 Å². The largest absolute Gasteiger partial charge is 0.497 e. The molecule has 0 saturated carbocycles. The molecule has 1 atom stereocenters. The summed E-state index contributed by atoms with van der Waals surface area (Å²) in [7, 11) is 1.64. The third-order valence-electron chi connectivity index (χ3n) is 5.52. The van der Waals surface area contributed by atoms with Crippen molar-refractivity contribution in [1.29, 1.82) is 0 Å². The van der Waals surface area contributed by atoms with E-state index in [1.165, 1.54) is 0 Å². The lowest BCUT2D eigenvalue weighted by atomic mass is 9.96. The van der Waals surface area contributed by atoms with E-state index < -0.39 is 0 Å². The Bertz CT molecular complexity index is 873. The van der Waals surface area contributed by atoms with Crippen LogP contribution in [0, 0.1) is 19.8 Å². The van der Waals surface area contributed by atoms with Gasteiger partial charge in [-0.3, -0.25) is 9.59 Å². The number of aryl methyl sites for hydroxylation is 1. The van der Waals surface area contributed by atoms with Crippen LogP contribution in [0.1, 0.15) is 34.6 Å². The first-order valence-corrected chi connectivity index (χ1v) is 10.1. The van der Waals surface area contributed by atoms with Crippen molar-refractivity contribution in [2.75, 3.05) is 33.3 Å². The molecule has 1 fully saturated rings. The normalized spacial score (nSPS) is 16.6. The molecule has 2 amide bonds. The lowest BCUT2D eigenvalue weighted by molar-refractivity contribution is -0.126. The lowest BCUT2D eigenvalue weighted by Crippen LogP contribution is -2.46. The molecule has 0 aliphatic carbocycles. The number of nitrogens with two attached hydrogens (primary N) is 1. The molecule has 0 radical (unpaired) electrons. The van der Waals surface area contributed by atoms with Gasteiger partial charge < -0.3 is 25.3 Å². The molecule has 1 saturated heterocycles. The summed E-state index contributed by atoms with van der Waals surface area (Å²) in [5, 5.41) is 2.84. The van der Waals surface area contributed by atoms with Crippen LogP contribution in [0.25, 0.3) is 5.69 Å². The number of amides is 2. The van der Waals surface area contributed by atoms with E-state index in [4.69, 9.17) is 10.5 Å². The molecule has 1 aromatic carbocycles. The van der Waals surface area contributed by atoms with Crippen LogP contribution in [0.2, 0.25) is 0 Å². The van der Waals surface area contributed by atoms with Gasteiger partial charge in [-0.15, -0.1) is 0 Å². The predicted molar refractivity (Wildman–Crippen MR) is 112 cm³/mol. The van der Waals surface area contributed by atoms with Gasteiger partial charge in [0.15, 0.2) is 0 Å². The Balaban J connectivity index is 1.79. The number of carbonyl (C=O) groups is 2. The number of piperidine rings is 1. The third-order valence-corrected chi connectivity index (χ3v) is 5.52. The van der Waals surface area contributed by atoms with Gasteiger partial charge in [0, 0.05) is 43.3 Å². The molecule has 3 N–H and O–H groups in total. The van der Waals surface area contributed by atoms with Crippen LogP contribution in [0.4, 0.5) is 0 Å². The molecule has 7 nitrogen and oxygen atoms in total. The zero-order chi connectivity index (χ0) is 21.0. The Morgan fingerprint density at radius 2 is 1.97 bits per heavy atom. The Morgan fingerprint density at radius 3 is 2.62 bits per heavy atom. The van der Waals surface area contributed by atoms with Crippen molar-refractivity contribution in [2.45, 2.75) is 26.7 Å². The maximum absolute atomic E-state index is 13.2. The SMILES string of the molecule is COc1ccc(-n2c(C)cc(C(=O)N3CCCC(C(=O)NCCN)C3)c2C)cc1. The summed E-state index contributed by atoms with van der Waals surface area (Å²) >= 11 is 0. The Morgan fingerprint density at radius 1 is 1.24 bits per heavy atom. The van der Waals surface area contributed by atoms with Crippen molar-refractivity contribution in [2.24, 2.45) is 11.7 Å². The zero-order valence-electron chi connectivity index (χ0n) is 17.4. The number of carbonyl (C=O) groups excluding carboxylic acids is 2. The summed E-state index contributed by atoms with van der Waals surface area (Å²) in [5.74, 6) is 0.579. The molecular weight excluding hydrogens is 368 g/mol. The molecule has 2 aromatic rings. The van der Waals surface area contributed by atoms with E-state index in [1.54, 1.807) is 12.0 Å². The van der Waals surface area contributed by atoms with Gasteiger partial charge in [0.25, 0.3) is 5.91 Å². The predicted octanol–water partition coefficient (Wildman–Crippen LogP) is 2.03. The van der Waals surface area contributed by atoms with Gasteiger partial charge in [-0.2, -0.15) is 0 Å². The number of nitrogens with one attached hydrogen (secondary N) is 1. The summed E-state index contributed by atoms with van der Waals surface area (Å²) in [6, 6.07) is 9.70. The molecule has 29 heavy (non-hydrogen) atoms. The van der Waals surface area contributed by atoms with Crippen LogP contribution in [-0.4, -0.2) is 54.6 Å². The summed E-state index contributed by atoms with van der Waals surface area (Å²) in [4.78, 5) is 27.3. The molecule has 2 heterocycles. The minimum absolute atomic E-state index is 0.0170. The zero-order valence-corrected chi connectivity index (χ0v) is 17.4. The van der Waals surface area contributed by atoms with Gasteiger partial charge in [0.1, 0.15) is 5.75 Å². The topological polar surface area (TPSA) is 89.6 Å². The van der Waals surface area contributed by atoms with Crippen molar-refractivity contribution in [3.05, 3.63) is 47.3 Å². The van der Waals surface area contributed by atoms with Gasteiger partial charge in [0.2, 0.25) is 5.91 Å². The number of likely N-dealkylation sites (tertiary alicyclic amines) is 1. The number of hydrogen-bond acceptors (Lipinski definition) is 4. The highest BCUT2D eigenvalue weighted by atomic mass is 16.5. The molecule has 1 aliphatic rings. The van der Waals surface area contributed by atoms with E-state index in [2.05, 4.69) is 9.88 Å². The number of benzene rings is 1. The number of aromatic nitrogens is 1. The van der Waals surface area contributed by atoms with Crippen molar-refractivity contribution >= 4 is 11.8 Å². The second kappa shape index (κ2) is 9.13. The monoisotopic (exact) mass is 398 g/mol. The molecule has 156 valence electrons. The minimum atomic E-state index is -0.177. The van der Waals surface area contributed by atoms with Gasteiger partial charge in [-0.05, 0) is 57.0 Å². The van der Waals surface area contributed by atoms with Crippen molar-refractivity contribution in [1.82, 2.24) is 14.8 Å². The maximum atomic E-state index is 13.2. The standard InChI is InChI=1S/C22H30N4O3/c1-15-13-20(16(2)26(15)18-6-8-19(29-3)9-7-18)22(28)25-12-4-5-17(14-25)21(27)24-11-10-23/h6-9,13,17H,4-5,10-12,14,23H2,1-3H3,(H,24,27). The van der Waals surface area contributed by atoms with Gasteiger partial charge in [-0.25, -0.2) is 0 Å². The quantitative estimate of drug-likeness (QED) is 0.779. The van der Waals surface area contributed by atoms with Crippen LogP contribution >= 0.6 is 0 Å². The van der Waals surface area contributed by atoms with Crippen molar-refractivity contribution in [3.8, 4) is 11.4 Å². The lowest BCUT2D eigenvalue weighted by Gasteiger charge is -2.32. The molecule has 1 aliphatic heterocycles. The van der Waals surface area contributed by atoms with Crippen molar-refractivity contribution in [3.63, 3.8) is 0 Å². The highest BCUT2D eigenvalue weighted by molar-refractivity contribution is 5.96. The summed E-state index contributed by atoms with van der Waals surface area (Å²) in [5.41, 5.74) is 9.02. The Hall–Kier alpha value is -2.80. The Labute approximate surface area is 171 Å². The van der Waals surface area contributed by atoms with E-state index in [-0.39, 0.29) is 17.7 Å². The molecule has 1 unspecified atom stereocenters. The molecular formula is C22H30N4O3. The first kappa shape index (κ1) is 20.9. The van der Waals surface area contributed by atoms with E-state index in [0.29, 0.717) is 31.7 Å². The third kappa shape index (κ3) is 4.45. The van der Waals surface area contributed by atoms with Crippen LogP contribution in [0.15, 0.2) is 30.3 Å². The average molecular weight is 399 g/mol. The average Bonchev–Trinajstić information content (AvgIpc) is 3.05. The highest BCUT2D eigenvalue weighted by Crippen LogP contribution is 2.25. The van der Waals surface area contributed by atoms with Gasteiger partial charge in [-0.1, -0.05) is 0 Å². The summed E-state index contributed by atoms with van der Waals surface area (Å²) in [6.45, 7) is 5.95. The highest BCUT2D eigenvalue weighted by Gasteiger charge is 2.30. The second-order valence-electron chi connectivity index (χ2n) is 7.49. The van der Waals surface area contributed by atoms with Crippen LogP contribution in [0.5, 0.6) is 5.75 Å². The summed E-state index contributed by atoms with van der Waals surface area (Å²) < 4.78 is 7.30. The molecule has 1 aromatic heterocycles. The van der Waals surface area contributed by atoms with Crippen LogP contribution < -0.4 is 15.8 Å². The Kier molecular flexibility index (Phi) is 6.59. The van der Waals surface area contributed by atoms with Crippen LogP contribution in [0.3, 0.4) is 0 Å². The summed E-state index contributed by atoms with van der Waals surface area (Å²) in [6.07, 6.45) is 1.62. The first-order chi connectivity index (χ1) is 14.0. The second-order valence-corrected chi connectivity index (χ2v) is 7.49. The maximum Gasteiger partial charge on any atom is 0.255 e. The van der Waals surface area contributed by atoms with E-state index in [9.17, 15) is 9.59 Å². The smallest absolute Gasteiger partial charge is 0.255 e. The fourth-order valence-electron chi connectivity index (χ4n) is 3.99. The molecule has 0 bridgehead atoms. The number of nitrogens with zero attached hydrogens (tertiary/aromatic N) is 2. The fraction of sp³-hybridized carbons (Fsp3) is 0.455. The number of rotatable bonds is 6.